The van der Waals surface area contributed by atoms with Gasteiger partial charge in [0.2, 0.25) is 0 Å². The number of rotatable bonds is 5. The summed E-state index contributed by atoms with van der Waals surface area (Å²) in [5.74, 6) is 0.745. The minimum absolute atomic E-state index is 0.0807. The van der Waals surface area contributed by atoms with Crippen LogP contribution in [0.25, 0.3) is 0 Å². The van der Waals surface area contributed by atoms with Crippen molar-refractivity contribution in [1.82, 2.24) is 10.2 Å². The number of nitrogens with zero attached hydrogens (tertiary/aromatic N) is 1. The number of hydrogen-bond acceptors (Lipinski definition) is 4. The largest absolute Gasteiger partial charge is 0.468 e. The fraction of sp³-hybridized carbons (Fsp3) is 0.400. The van der Waals surface area contributed by atoms with Gasteiger partial charge in [-0.05, 0) is 60.1 Å². The molecule has 0 aromatic carbocycles. The minimum atomic E-state index is -0.147. The molecule has 1 atom stereocenters. The molecule has 0 saturated carbocycles. The molecule has 2 aromatic heterocycles. The van der Waals surface area contributed by atoms with Crippen molar-refractivity contribution in [3.05, 3.63) is 46.7 Å². The molecule has 21 heavy (non-hydrogen) atoms. The van der Waals surface area contributed by atoms with Crippen molar-refractivity contribution < 1.29 is 13.6 Å². The average Bonchev–Trinajstić information content (AvgIpc) is 3.21. The Balaban J connectivity index is 1.67. The highest BCUT2D eigenvalue weighted by molar-refractivity contribution is 9.10. The Bertz CT molecular complexity index is 588. The number of carbonyl (C=O) groups excluding carboxylic acids is 1. The maximum Gasteiger partial charge on any atom is 0.255 e. The van der Waals surface area contributed by atoms with Crippen LogP contribution >= 0.6 is 15.9 Å². The predicted octanol–water partition coefficient (Wildman–Crippen LogP) is 3.20. The number of furan rings is 2. The lowest BCUT2D eigenvalue weighted by atomic mass is 10.2. The van der Waals surface area contributed by atoms with E-state index in [0.717, 1.165) is 18.8 Å². The number of likely N-dealkylation sites (tertiary alicyclic amines) is 1. The second-order valence-electron chi connectivity index (χ2n) is 5.09. The van der Waals surface area contributed by atoms with Crippen molar-refractivity contribution >= 4 is 21.8 Å². The molecule has 0 bridgehead atoms. The van der Waals surface area contributed by atoms with E-state index in [-0.39, 0.29) is 11.9 Å². The van der Waals surface area contributed by atoms with Gasteiger partial charge in [-0.15, -0.1) is 0 Å². The van der Waals surface area contributed by atoms with Gasteiger partial charge in [0, 0.05) is 6.54 Å². The van der Waals surface area contributed by atoms with Gasteiger partial charge in [-0.1, -0.05) is 0 Å². The number of carbonyl (C=O) groups is 1. The molecule has 1 fully saturated rings. The number of nitrogens with one attached hydrogen (secondary N) is 1. The first-order valence-electron chi connectivity index (χ1n) is 7.04. The van der Waals surface area contributed by atoms with Crippen LogP contribution in [0.15, 0.2) is 44.2 Å². The Morgan fingerprint density at radius 2 is 2.10 bits per heavy atom. The van der Waals surface area contributed by atoms with Gasteiger partial charge in [0.1, 0.15) is 5.76 Å². The molecule has 2 aromatic rings. The summed E-state index contributed by atoms with van der Waals surface area (Å²) in [6, 6.07) is 5.57. The number of halogens is 1. The Morgan fingerprint density at radius 3 is 2.71 bits per heavy atom. The van der Waals surface area contributed by atoms with Gasteiger partial charge in [0.05, 0.1) is 24.1 Å². The number of hydrogen-bond donors (Lipinski definition) is 1. The highest BCUT2D eigenvalue weighted by Gasteiger charge is 2.26. The molecule has 1 aliphatic rings. The molecular formula is C15H17BrN2O3. The van der Waals surface area contributed by atoms with E-state index in [1.165, 1.54) is 19.1 Å². The molecule has 0 aliphatic carbocycles. The molecule has 3 rings (SSSR count). The van der Waals surface area contributed by atoms with Crippen LogP contribution in [-0.4, -0.2) is 30.4 Å². The summed E-state index contributed by atoms with van der Waals surface area (Å²) in [4.78, 5) is 14.5. The van der Waals surface area contributed by atoms with E-state index in [9.17, 15) is 4.79 Å². The van der Waals surface area contributed by atoms with Gasteiger partial charge < -0.3 is 14.2 Å². The summed E-state index contributed by atoms with van der Waals surface area (Å²) in [5.41, 5.74) is 0.509. The molecule has 6 heteroatoms. The molecule has 1 unspecified atom stereocenters. The lowest BCUT2D eigenvalue weighted by molar-refractivity contribution is 0.0932. The van der Waals surface area contributed by atoms with Crippen LogP contribution in [0, 0.1) is 0 Å². The van der Waals surface area contributed by atoms with Crippen molar-refractivity contribution in [3.63, 3.8) is 0 Å². The molecule has 3 heterocycles. The third kappa shape index (κ3) is 3.22. The summed E-state index contributed by atoms with van der Waals surface area (Å²) in [6.07, 6.45) is 5.55. The van der Waals surface area contributed by atoms with Crippen LogP contribution in [0.1, 0.15) is 35.0 Å². The van der Waals surface area contributed by atoms with E-state index in [4.69, 9.17) is 8.83 Å². The fourth-order valence-corrected chi connectivity index (χ4v) is 3.10. The van der Waals surface area contributed by atoms with Gasteiger partial charge in [0.25, 0.3) is 5.91 Å². The third-order valence-electron chi connectivity index (χ3n) is 3.77. The van der Waals surface area contributed by atoms with Crippen LogP contribution in [0.4, 0.5) is 0 Å². The van der Waals surface area contributed by atoms with Crippen molar-refractivity contribution in [1.29, 1.82) is 0 Å². The smallest absolute Gasteiger partial charge is 0.255 e. The van der Waals surface area contributed by atoms with E-state index >= 15 is 0 Å². The second kappa shape index (κ2) is 6.49. The molecule has 5 nitrogen and oxygen atoms in total. The van der Waals surface area contributed by atoms with E-state index in [1.807, 2.05) is 12.1 Å². The van der Waals surface area contributed by atoms with E-state index in [1.54, 1.807) is 12.3 Å². The zero-order valence-electron chi connectivity index (χ0n) is 11.5. The van der Waals surface area contributed by atoms with Gasteiger partial charge >= 0.3 is 0 Å². The summed E-state index contributed by atoms with van der Waals surface area (Å²) >= 11 is 3.22. The molecule has 1 saturated heterocycles. The third-order valence-corrected chi connectivity index (χ3v) is 4.39. The Labute approximate surface area is 131 Å². The molecule has 112 valence electrons. The zero-order chi connectivity index (χ0) is 14.7. The first kappa shape index (κ1) is 14.4. The maximum atomic E-state index is 12.2. The normalized spacial score (nSPS) is 17.0. The highest BCUT2D eigenvalue weighted by Crippen LogP contribution is 2.25. The molecule has 1 N–H and O–H groups in total. The monoisotopic (exact) mass is 352 g/mol. The van der Waals surface area contributed by atoms with Gasteiger partial charge in [-0.2, -0.15) is 0 Å². The lowest BCUT2D eigenvalue weighted by Crippen LogP contribution is -2.36. The van der Waals surface area contributed by atoms with E-state index < -0.39 is 0 Å². The predicted molar refractivity (Wildman–Crippen MR) is 81.0 cm³/mol. The highest BCUT2D eigenvalue weighted by atomic mass is 79.9. The second-order valence-corrected chi connectivity index (χ2v) is 5.81. The molecule has 1 aliphatic heterocycles. The zero-order valence-corrected chi connectivity index (χ0v) is 13.1. The van der Waals surface area contributed by atoms with Gasteiger partial charge in [0.15, 0.2) is 4.67 Å². The van der Waals surface area contributed by atoms with Crippen LogP contribution in [0.5, 0.6) is 0 Å². The summed E-state index contributed by atoms with van der Waals surface area (Å²) in [6.45, 7) is 2.59. The van der Waals surface area contributed by atoms with Crippen molar-refractivity contribution in [2.75, 3.05) is 19.6 Å². The van der Waals surface area contributed by atoms with Gasteiger partial charge in [-0.25, -0.2) is 0 Å². The van der Waals surface area contributed by atoms with E-state index in [2.05, 4.69) is 26.1 Å². The Morgan fingerprint density at radius 1 is 1.29 bits per heavy atom. The average molecular weight is 353 g/mol. The van der Waals surface area contributed by atoms with Crippen molar-refractivity contribution in [3.8, 4) is 0 Å². The summed E-state index contributed by atoms with van der Waals surface area (Å²) in [7, 11) is 0. The van der Waals surface area contributed by atoms with Crippen molar-refractivity contribution in [2.24, 2.45) is 0 Å². The standard InChI is InChI=1S/C15H17BrN2O3/c16-14-11(5-9-21-14)15(19)17-10-12(13-4-3-8-20-13)18-6-1-2-7-18/h3-5,8-9,12H,1-2,6-7,10H2,(H,17,19). The fourth-order valence-electron chi connectivity index (χ4n) is 2.68. The molecule has 0 radical (unpaired) electrons. The van der Waals surface area contributed by atoms with Crippen LogP contribution in [0.3, 0.4) is 0 Å². The molecule has 1 amide bonds. The van der Waals surface area contributed by atoms with Crippen molar-refractivity contribution in [2.45, 2.75) is 18.9 Å². The summed E-state index contributed by atoms with van der Waals surface area (Å²) in [5, 5.41) is 2.96. The first-order valence-corrected chi connectivity index (χ1v) is 7.83. The Kier molecular flexibility index (Phi) is 4.45. The van der Waals surface area contributed by atoms with Crippen LogP contribution in [-0.2, 0) is 0 Å². The number of amides is 1. The molecular weight excluding hydrogens is 336 g/mol. The topological polar surface area (TPSA) is 58.6 Å². The lowest BCUT2D eigenvalue weighted by Gasteiger charge is -2.25. The van der Waals surface area contributed by atoms with Crippen LogP contribution in [0.2, 0.25) is 0 Å². The molecule has 0 spiro atoms. The minimum Gasteiger partial charge on any atom is -0.468 e. The maximum absolute atomic E-state index is 12.2. The quantitative estimate of drug-likeness (QED) is 0.897. The first-order chi connectivity index (χ1) is 10.3. The Hall–Kier alpha value is -1.53. The summed E-state index contributed by atoms with van der Waals surface area (Å²) < 4.78 is 11.1. The SMILES string of the molecule is O=C(NCC(c1ccco1)N1CCCC1)c1ccoc1Br. The van der Waals surface area contributed by atoms with E-state index in [0.29, 0.717) is 16.8 Å². The van der Waals surface area contributed by atoms with Gasteiger partial charge in [-0.3, -0.25) is 9.69 Å². The van der Waals surface area contributed by atoms with Crippen LogP contribution < -0.4 is 5.32 Å².